The molecule has 76 valence electrons. The zero-order valence-corrected chi connectivity index (χ0v) is 9.34. The maximum Gasteiger partial charge on any atom is 0.0641 e. The Kier molecular flexibility index (Phi) is 3.00. The van der Waals surface area contributed by atoms with Gasteiger partial charge < -0.3 is 5.32 Å². The number of rotatable bonds is 3. The first-order valence-corrected chi connectivity index (χ1v) is 5.75. The molecule has 2 aromatic rings. The molecule has 0 amide bonds. The summed E-state index contributed by atoms with van der Waals surface area (Å²) >= 11 is 1.73. The maximum absolute atomic E-state index is 8.75. The van der Waals surface area contributed by atoms with Gasteiger partial charge in [0.05, 0.1) is 12.5 Å². The number of hydrogen-bond acceptors (Lipinski definition) is 3. The third-order valence-electron chi connectivity index (χ3n) is 2.53. The van der Waals surface area contributed by atoms with Crippen LogP contribution in [0.4, 0.5) is 0 Å². The number of thiophene rings is 1. The van der Waals surface area contributed by atoms with Crippen LogP contribution >= 0.6 is 11.3 Å². The first kappa shape index (κ1) is 10.2. The van der Waals surface area contributed by atoms with E-state index in [1.165, 1.54) is 15.6 Å². The molecule has 0 saturated carbocycles. The zero-order valence-electron chi connectivity index (χ0n) is 8.53. The van der Waals surface area contributed by atoms with E-state index in [1.54, 1.807) is 11.3 Å². The monoisotopic (exact) mass is 216 g/mol. The third kappa shape index (κ3) is 1.87. The normalized spacial score (nSPS) is 12.5. The number of benzene rings is 1. The lowest BCUT2D eigenvalue weighted by Gasteiger charge is -2.11. The molecule has 0 spiro atoms. The van der Waals surface area contributed by atoms with Gasteiger partial charge in [-0.1, -0.05) is 18.2 Å². The van der Waals surface area contributed by atoms with E-state index in [1.807, 2.05) is 19.2 Å². The molecule has 0 aliphatic heterocycles. The van der Waals surface area contributed by atoms with E-state index in [2.05, 4.69) is 28.9 Å². The molecule has 0 aliphatic rings. The molecular weight excluding hydrogens is 204 g/mol. The van der Waals surface area contributed by atoms with Crippen molar-refractivity contribution >= 4 is 21.4 Å². The Morgan fingerprint density at radius 3 is 3.00 bits per heavy atom. The molecular formula is C12H12N2S. The molecule has 2 nitrogen and oxygen atoms in total. The van der Waals surface area contributed by atoms with Crippen molar-refractivity contribution in [3.05, 3.63) is 35.2 Å². The van der Waals surface area contributed by atoms with Crippen molar-refractivity contribution in [3.8, 4) is 6.07 Å². The van der Waals surface area contributed by atoms with Gasteiger partial charge in [-0.05, 0) is 29.4 Å². The van der Waals surface area contributed by atoms with Crippen LogP contribution in [0.25, 0.3) is 10.1 Å². The highest BCUT2D eigenvalue weighted by atomic mass is 32.1. The maximum atomic E-state index is 8.75. The quantitative estimate of drug-likeness (QED) is 0.855. The summed E-state index contributed by atoms with van der Waals surface area (Å²) in [6, 6.07) is 10.7. The summed E-state index contributed by atoms with van der Waals surface area (Å²) in [5, 5.41) is 15.3. The minimum absolute atomic E-state index is 0.145. The summed E-state index contributed by atoms with van der Waals surface area (Å²) in [5.41, 5.74) is 1.24. The molecule has 1 heterocycles. The fourth-order valence-electron chi connectivity index (χ4n) is 1.73. The van der Waals surface area contributed by atoms with Crippen LogP contribution < -0.4 is 5.32 Å². The van der Waals surface area contributed by atoms with Gasteiger partial charge in [0.1, 0.15) is 0 Å². The van der Waals surface area contributed by atoms with E-state index >= 15 is 0 Å². The lowest BCUT2D eigenvalue weighted by molar-refractivity contribution is 0.614. The molecule has 1 N–H and O–H groups in total. The number of nitriles is 1. The Labute approximate surface area is 93.2 Å². The second kappa shape index (κ2) is 4.43. The molecule has 1 atom stereocenters. The SMILES string of the molecule is CNC(CC#N)c1csc2ccccc12. The van der Waals surface area contributed by atoms with Crippen molar-refractivity contribution in [2.24, 2.45) is 0 Å². The largest absolute Gasteiger partial charge is 0.312 e. The van der Waals surface area contributed by atoms with E-state index in [9.17, 15) is 0 Å². The average Bonchev–Trinajstić information content (AvgIpc) is 2.70. The Hall–Kier alpha value is -1.37. The molecule has 0 fully saturated rings. The van der Waals surface area contributed by atoms with Gasteiger partial charge in [0.25, 0.3) is 0 Å². The van der Waals surface area contributed by atoms with E-state index in [0.29, 0.717) is 6.42 Å². The van der Waals surface area contributed by atoms with Gasteiger partial charge in [-0.2, -0.15) is 5.26 Å². The van der Waals surface area contributed by atoms with Gasteiger partial charge in [-0.15, -0.1) is 11.3 Å². The van der Waals surface area contributed by atoms with Gasteiger partial charge in [0.15, 0.2) is 0 Å². The van der Waals surface area contributed by atoms with E-state index in [-0.39, 0.29) is 6.04 Å². The van der Waals surface area contributed by atoms with Crippen molar-refractivity contribution in [2.75, 3.05) is 7.05 Å². The zero-order chi connectivity index (χ0) is 10.7. The van der Waals surface area contributed by atoms with Gasteiger partial charge in [-0.25, -0.2) is 0 Å². The Balaban J connectivity index is 2.47. The van der Waals surface area contributed by atoms with Crippen LogP contribution in [0.2, 0.25) is 0 Å². The number of hydrogen-bond donors (Lipinski definition) is 1. The lowest BCUT2D eigenvalue weighted by Crippen LogP contribution is -2.15. The Bertz CT molecular complexity index is 496. The predicted octanol–water partition coefficient (Wildman–Crippen LogP) is 3.08. The highest BCUT2D eigenvalue weighted by Crippen LogP contribution is 2.31. The smallest absolute Gasteiger partial charge is 0.0641 e. The first-order valence-electron chi connectivity index (χ1n) is 4.87. The minimum atomic E-state index is 0.145. The molecule has 3 heteroatoms. The highest BCUT2D eigenvalue weighted by molar-refractivity contribution is 7.17. The first-order chi connectivity index (χ1) is 7.36. The highest BCUT2D eigenvalue weighted by Gasteiger charge is 2.13. The van der Waals surface area contributed by atoms with Crippen LogP contribution in [-0.2, 0) is 0 Å². The van der Waals surface area contributed by atoms with Crippen LogP contribution in [-0.4, -0.2) is 7.05 Å². The molecule has 0 bridgehead atoms. The predicted molar refractivity (Wildman–Crippen MR) is 63.9 cm³/mol. The molecule has 0 aliphatic carbocycles. The number of nitrogens with zero attached hydrogens (tertiary/aromatic N) is 1. The third-order valence-corrected chi connectivity index (χ3v) is 3.51. The summed E-state index contributed by atoms with van der Waals surface area (Å²) in [5.74, 6) is 0. The summed E-state index contributed by atoms with van der Waals surface area (Å²) < 4.78 is 1.28. The van der Waals surface area contributed by atoms with Crippen molar-refractivity contribution in [1.29, 1.82) is 5.26 Å². The summed E-state index contributed by atoms with van der Waals surface area (Å²) in [4.78, 5) is 0. The van der Waals surface area contributed by atoms with Gasteiger partial charge in [0, 0.05) is 10.7 Å². The Morgan fingerprint density at radius 1 is 1.47 bits per heavy atom. The van der Waals surface area contributed by atoms with Gasteiger partial charge in [-0.3, -0.25) is 0 Å². The molecule has 2 rings (SSSR count). The van der Waals surface area contributed by atoms with E-state index in [0.717, 1.165) is 0 Å². The second-order valence-electron chi connectivity index (χ2n) is 3.39. The van der Waals surface area contributed by atoms with Crippen molar-refractivity contribution in [2.45, 2.75) is 12.5 Å². The lowest BCUT2D eigenvalue weighted by atomic mass is 10.0. The van der Waals surface area contributed by atoms with Gasteiger partial charge >= 0.3 is 0 Å². The standard InChI is InChI=1S/C12H12N2S/c1-14-11(6-7-13)10-8-15-12-5-3-2-4-9(10)12/h2-5,8,11,14H,6H2,1H3. The molecule has 1 aromatic heterocycles. The topological polar surface area (TPSA) is 35.8 Å². The van der Waals surface area contributed by atoms with Crippen LogP contribution in [0.1, 0.15) is 18.0 Å². The van der Waals surface area contributed by atoms with E-state index in [4.69, 9.17) is 5.26 Å². The van der Waals surface area contributed by atoms with Crippen LogP contribution in [0.3, 0.4) is 0 Å². The van der Waals surface area contributed by atoms with Crippen LogP contribution in [0.5, 0.6) is 0 Å². The Morgan fingerprint density at radius 2 is 2.27 bits per heavy atom. The minimum Gasteiger partial charge on any atom is -0.312 e. The summed E-state index contributed by atoms with van der Waals surface area (Å²) in [6.07, 6.45) is 0.511. The molecule has 1 unspecified atom stereocenters. The number of fused-ring (bicyclic) bond motifs is 1. The summed E-state index contributed by atoms with van der Waals surface area (Å²) in [7, 11) is 1.90. The van der Waals surface area contributed by atoms with Gasteiger partial charge in [0.2, 0.25) is 0 Å². The molecule has 0 radical (unpaired) electrons. The molecule has 1 aromatic carbocycles. The molecule has 15 heavy (non-hydrogen) atoms. The van der Waals surface area contributed by atoms with E-state index < -0.39 is 0 Å². The van der Waals surface area contributed by atoms with Crippen molar-refractivity contribution in [1.82, 2.24) is 5.32 Å². The van der Waals surface area contributed by atoms with Crippen molar-refractivity contribution < 1.29 is 0 Å². The summed E-state index contributed by atoms with van der Waals surface area (Å²) in [6.45, 7) is 0. The fraction of sp³-hybridized carbons (Fsp3) is 0.250. The second-order valence-corrected chi connectivity index (χ2v) is 4.30. The van der Waals surface area contributed by atoms with Crippen molar-refractivity contribution in [3.63, 3.8) is 0 Å². The average molecular weight is 216 g/mol. The fourth-order valence-corrected chi connectivity index (χ4v) is 2.74. The van der Waals surface area contributed by atoms with Crippen LogP contribution in [0, 0.1) is 11.3 Å². The molecule has 0 saturated heterocycles. The number of nitrogens with one attached hydrogen (secondary N) is 1. The van der Waals surface area contributed by atoms with Crippen LogP contribution in [0.15, 0.2) is 29.6 Å².